The minimum atomic E-state index is -0.301. The number of carbonyl (C=O) groups excluding carboxylic acids is 1. The molecule has 138 valence electrons. The van der Waals surface area contributed by atoms with Gasteiger partial charge in [-0.25, -0.2) is 4.79 Å². The molecule has 5 nitrogen and oxygen atoms in total. The lowest BCUT2D eigenvalue weighted by molar-refractivity contribution is 0.0526. The van der Waals surface area contributed by atoms with Gasteiger partial charge in [0, 0.05) is 26.2 Å². The van der Waals surface area contributed by atoms with Gasteiger partial charge < -0.3 is 14.8 Å². The minimum Gasteiger partial charge on any atom is -0.492 e. The monoisotopic (exact) mass is 354 g/mol. The lowest BCUT2D eigenvalue weighted by atomic mass is 10.1. The highest BCUT2D eigenvalue weighted by Crippen LogP contribution is 2.14. The molecule has 1 unspecified atom stereocenters. The zero-order valence-electron chi connectivity index (χ0n) is 15.2. The SMILES string of the molecule is CCOC(=O)c1ccc(OCC2CN(Cc3ccccc3)CCN2)cc1. The average Bonchev–Trinajstić information content (AvgIpc) is 2.68. The second-order valence-electron chi connectivity index (χ2n) is 6.43. The molecule has 0 aliphatic carbocycles. The van der Waals surface area contributed by atoms with Gasteiger partial charge in [0.1, 0.15) is 12.4 Å². The Labute approximate surface area is 154 Å². The zero-order valence-corrected chi connectivity index (χ0v) is 15.2. The van der Waals surface area contributed by atoms with Crippen molar-refractivity contribution in [2.75, 3.05) is 32.8 Å². The van der Waals surface area contributed by atoms with Gasteiger partial charge in [0.25, 0.3) is 0 Å². The number of benzene rings is 2. The van der Waals surface area contributed by atoms with Crippen molar-refractivity contribution in [1.29, 1.82) is 0 Å². The third kappa shape index (κ3) is 5.31. The Hall–Kier alpha value is -2.37. The fraction of sp³-hybridized carbons (Fsp3) is 0.381. The Balaban J connectivity index is 1.47. The molecule has 0 bridgehead atoms. The molecule has 0 saturated carbocycles. The standard InChI is InChI=1S/C21H26N2O3/c1-2-25-21(24)18-8-10-20(11-9-18)26-16-19-15-23(13-12-22-19)14-17-6-4-3-5-7-17/h3-11,19,22H,2,12-16H2,1H3. The molecule has 1 N–H and O–H groups in total. The number of rotatable bonds is 7. The summed E-state index contributed by atoms with van der Waals surface area (Å²) in [5, 5.41) is 3.51. The maximum Gasteiger partial charge on any atom is 0.338 e. The van der Waals surface area contributed by atoms with Crippen molar-refractivity contribution < 1.29 is 14.3 Å². The lowest BCUT2D eigenvalue weighted by Gasteiger charge is -2.33. The number of ether oxygens (including phenoxy) is 2. The number of esters is 1. The van der Waals surface area contributed by atoms with Crippen molar-refractivity contribution in [2.45, 2.75) is 19.5 Å². The van der Waals surface area contributed by atoms with Gasteiger partial charge in [0.05, 0.1) is 18.2 Å². The number of hydrogen-bond donors (Lipinski definition) is 1. The summed E-state index contributed by atoms with van der Waals surface area (Å²) < 4.78 is 10.9. The highest BCUT2D eigenvalue weighted by molar-refractivity contribution is 5.89. The van der Waals surface area contributed by atoms with Gasteiger partial charge >= 0.3 is 5.97 Å². The zero-order chi connectivity index (χ0) is 18.2. The molecule has 0 spiro atoms. The first-order chi connectivity index (χ1) is 12.7. The Morgan fingerprint density at radius 1 is 1.15 bits per heavy atom. The van der Waals surface area contributed by atoms with Crippen LogP contribution in [0.15, 0.2) is 54.6 Å². The summed E-state index contributed by atoms with van der Waals surface area (Å²) in [6.45, 7) is 6.70. The van der Waals surface area contributed by atoms with Crippen LogP contribution in [0.4, 0.5) is 0 Å². The smallest absolute Gasteiger partial charge is 0.338 e. The van der Waals surface area contributed by atoms with Crippen LogP contribution in [0, 0.1) is 0 Å². The highest BCUT2D eigenvalue weighted by Gasteiger charge is 2.20. The fourth-order valence-corrected chi connectivity index (χ4v) is 3.09. The quantitative estimate of drug-likeness (QED) is 0.775. The first-order valence-electron chi connectivity index (χ1n) is 9.14. The molecular weight excluding hydrogens is 328 g/mol. The Morgan fingerprint density at radius 2 is 1.92 bits per heavy atom. The second-order valence-corrected chi connectivity index (χ2v) is 6.43. The summed E-state index contributed by atoms with van der Waals surface area (Å²) in [5.74, 6) is 0.463. The Bertz CT molecular complexity index is 688. The molecule has 5 heteroatoms. The molecule has 2 aromatic rings. The summed E-state index contributed by atoms with van der Waals surface area (Å²) in [4.78, 5) is 14.1. The van der Waals surface area contributed by atoms with Crippen LogP contribution in [-0.4, -0.2) is 49.8 Å². The third-order valence-electron chi connectivity index (χ3n) is 4.41. The van der Waals surface area contributed by atoms with Crippen LogP contribution in [-0.2, 0) is 11.3 Å². The van der Waals surface area contributed by atoms with E-state index in [4.69, 9.17) is 9.47 Å². The van der Waals surface area contributed by atoms with Crippen LogP contribution < -0.4 is 10.1 Å². The maximum atomic E-state index is 11.7. The summed E-state index contributed by atoms with van der Waals surface area (Å²) in [7, 11) is 0. The van der Waals surface area contributed by atoms with Crippen molar-refractivity contribution >= 4 is 5.97 Å². The molecular formula is C21H26N2O3. The van der Waals surface area contributed by atoms with E-state index in [1.807, 2.05) is 18.2 Å². The van der Waals surface area contributed by atoms with E-state index in [9.17, 15) is 4.79 Å². The van der Waals surface area contributed by atoms with E-state index in [1.165, 1.54) is 5.56 Å². The van der Waals surface area contributed by atoms with Crippen LogP contribution in [0.3, 0.4) is 0 Å². The van der Waals surface area contributed by atoms with Crippen LogP contribution in [0.5, 0.6) is 5.75 Å². The highest BCUT2D eigenvalue weighted by atomic mass is 16.5. The molecule has 2 aromatic carbocycles. The van der Waals surface area contributed by atoms with Gasteiger partial charge in [-0.1, -0.05) is 30.3 Å². The number of piperazine rings is 1. The molecule has 1 heterocycles. The van der Waals surface area contributed by atoms with Crippen molar-refractivity contribution in [3.05, 3.63) is 65.7 Å². The topological polar surface area (TPSA) is 50.8 Å². The summed E-state index contributed by atoms with van der Waals surface area (Å²) in [6.07, 6.45) is 0. The van der Waals surface area contributed by atoms with Crippen molar-refractivity contribution in [1.82, 2.24) is 10.2 Å². The molecule has 26 heavy (non-hydrogen) atoms. The van der Waals surface area contributed by atoms with Crippen molar-refractivity contribution in [3.8, 4) is 5.75 Å². The molecule has 1 saturated heterocycles. The molecule has 1 aliphatic rings. The molecule has 0 amide bonds. The lowest BCUT2D eigenvalue weighted by Crippen LogP contribution is -2.52. The Morgan fingerprint density at radius 3 is 2.65 bits per heavy atom. The number of carbonyl (C=O) groups is 1. The summed E-state index contributed by atoms with van der Waals surface area (Å²) in [5.41, 5.74) is 1.88. The largest absolute Gasteiger partial charge is 0.492 e. The van der Waals surface area contributed by atoms with Crippen LogP contribution in [0.2, 0.25) is 0 Å². The van der Waals surface area contributed by atoms with E-state index >= 15 is 0 Å². The number of nitrogens with one attached hydrogen (secondary N) is 1. The van der Waals surface area contributed by atoms with E-state index in [0.29, 0.717) is 18.8 Å². The van der Waals surface area contributed by atoms with E-state index in [1.54, 1.807) is 19.1 Å². The van der Waals surface area contributed by atoms with Gasteiger partial charge in [-0.15, -0.1) is 0 Å². The normalized spacial score (nSPS) is 17.7. The van der Waals surface area contributed by atoms with Gasteiger partial charge in [-0.05, 0) is 36.8 Å². The molecule has 1 fully saturated rings. The van der Waals surface area contributed by atoms with Crippen molar-refractivity contribution in [3.63, 3.8) is 0 Å². The van der Waals surface area contributed by atoms with E-state index in [0.717, 1.165) is 31.9 Å². The molecule has 1 aliphatic heterocycles. The number of nitrogens with zero attached hydrogens (tertiary/aromatic N) is 1. The van der Waals surface area contributed by atoms with Gasteiger partial charge in [-0.3, -0.25) is 4.90 Å². The predicted molar refractivity (Wildman–Crippen MR) is 101 cm³/mol. The third-order valence-corrected chi connectivity index (χ3v) is 4.41. The first-order valence-corrected chi connectivity index (χ1v) is 9.14. The summed E-state index contributed by atoms with van der Waals surface area (Å²) in [6, 6.07) is 17.9. The van der Waals surface area contributed by atoms with Crippen molar-refractivity contribution in [2.24, 2.45) is 0 Å². The Kier molecular flexibility index (Phi) is 6.63. The second kappa shape index (κ2) is 9.36. The summed E-state index contributed by atoms with van der Waals surface area (Å²) >= 11 is 0. The van der Waals surface area contributed by atoms with Gasteiger partial charge in [0.2, 0.25) is 0 Å². The first kappa shape index (κ1) is 18.4. The number of hydrogen-bond acceptors (Lipinski definition) is 5. The predicted octanol–water partition coefficient (Wildman–Crippen LogP) is 2.72. The maximum absolute atomic E-state index is 11.7. The van der Waals surface area contributed by atoms with Crippen LogP contribution in [0.25, 0.3) is 0 Å². The van der Waals surface area contributed by atoms with E-state index in [-0.39, 0.29) is 12.0 Å². The molecule has 0 radical (unpaired) electrons. The minimum absolute atomic E-state index is 0.289. The van der Waals surface area contributed by atoms with Gasteiger partial charge in [0.15, 0.2) is 0 Å². The molecule has 3 rings (SSSR count). The molecule has 0 aromatic heterocycles. The van der Waals surface area contributed by atoms with E-state index < -0.39 is 0 Å². The van der Waals surface area contributed by atoms with Gasteiger partial charge in [-0.2, -0.15) is 0 Å². The molecule has 1 atom stereocenters. The van der Waals surface area contributed by atoms with Crippen LogP contribution in [0.1, 0.15) is 22.8 Å². The average molecular weight is 354 g/mol. The van der Waals surface area contributed by atoms with E-state index in [2.05, 4.69) is 34.5 Å². The van der Waals surface area contributed by atoms with Crippen LogP contribution >= 0.6 is 0 Å². The fourth-order valence-electron chi connectivity index (χ4n) is 3.09.